The molecule has 1 aliphatic rings. The summed E-state index contributed by atoms with van der Waals surface area (Å²) in [7, 11) is 0. The molecule has 0 unspecified atom stereocenters. The lowest BCUT2D eigenvalue weighted by atomic mass is 10.1. The van der Waals surface area contributed by atoms with Gasteiger partial charge in [0, 0.05) is 31.5 Å². The number of para-hydroxylation sites is 1. The Bertz CT molecular complexity index is 1000. The topological polar surface area (TPSA) is 110 Å². The molecule has 0 radical (unpaired) electrons. The van der Waals surface area contributed by atoms with E-state index >= 15 is 0 Å². The number of rotatable bonds is 6. The Morgan fingerprint density at radius 2 is 2.22 bits per heavy atom. The van der Waals surface area contributed by atoms with E-state index in [-0.39, 0.29) is 29.8 Å². The third-order valence-electron chi connectivity index (χ3n) is 4.58. The van der Waals surface area contributed by atoms with Crippen molar-refractivity contribution in [1.29, 1.82) is 0 Å². The normalized spacial score (nSPS) is 16.7. The summed E-state index contributed by atoms with van der Waals surface area (Å²) in [6, 6.07) is 9.21. The Morgan fingerprint density at radius 3 is 3.07 bits per heavy atom. The minimum atomic E-state index is -0.282. The van der Waals surface area contributed by atoms with Crippen molar-refractivity contribution in [2.24, 2.45) is 0 Å². The predicted octanol–water partition coefficient (Wildman–Crippen LogP) is 1.81. The summed E-state index contributed by atoms with van der Waals surface area (Å²) in [6.07, 6.45) is 2.69. The molecule has 1 aromatic carbocycles. The molecule has 4 rings (SSSR count). The van der Waals surface area contributed by atoms with E-state index in [1.54, 1.807) is 6.07 Å². The van der Waals surface area contributed by atoms with Gasteiger partial charge in [-0.05, 0) is 30.4 Å². The molecule has 1 fully saturated rings. The van der Waals surface area contributed by atoms with Crippen molar-refractivity contribution in [2.75, 3.05) is 13.2 Å². The molecule has 1 saturated heterocycles. The number of aromatic amines is 1. The highest BCUT2D eigenvalue weighted by Gasteiger charge is 2.17. The van der Waals surface area contributed by atoms with Crippen LogP contribution < -0.4 is 10.9 Å². The molecule has 0 saturated carbocycles. The average Bonchev–Trinajstić information content (AvgIpc) is 3.36. The molecular formula is C19H20N4O4. The lowest BCUT2D eigenvalue weighted by Gasteiger charge is -2.09. The lowest BCUT2D eigenvalue weighted by Crippen LogP contribution is -2.31. The Balaban J connectivity index is 1.39. The fourth-order valence-corrected chi connectivity index (χ4v) is 3.12. The number of amides is 1. The molecule has 1 aliphatic heterocycles. The van der Waals surface area contributed by atoms with Gasteiger partial charge in [-0.2, -0.15) is 4.98 Å². The number of ether oxygens (including phenoxy) is 1. The van der Waals surface area contributed by atoms with Gasteiger partial charge in [0.2, 0.25) is 17.6 Å². The van der Waals surface area contributed by atoms with Gasteiger partial charge in [-0.25, -0.2) is 0 Å². The quantitative estimate of drug-likeness (QED) is 0.687. The summed E-state index contributed by atoms with van der Waals surface area (Å²) in [5.41, 5.74) is 0.805. The summed E-state index contributed by atoms with van der Waals surface area (Å²) in [5.74, 6) is 0.454. The van der Waals surface area contributed by atoms with Gasteiger partial charge in [-0.3, -0.25) is 9.59 Å². The number of hydrogen-bond acceptors (Lipinski definition) is 6. The zero-order valence-corrected chi connectivity index (χ0v) is 14.7. The van der Waals surface area contributed by atoms with Crippen LogP contribution in [0.3, 0.4) is 0 Å². The minimum absolute atomic E-state index is 0.0891. The third kappa shape index (κ3) is 4.06. The number of fused-ring (bicyclic) bond motifs is 1. The molecule has 1 amide bonds. The average molecular weight is 368 g/mol. The van der Waals surface area contributed by atoms with Crippen molar-refractivity contribution in [1.82, 2.24) is 20.4 Å². The number of carbonyl (C=O) groups excluding carboxylic acids is 1. The van der Waals surface area contributed by atoms with Gasteiger partial charge >= 0.3 is 0 Å². The van der Waals surface area contributed by atoms with E-state index in [2.05, 4.69) is 20.4 Å². The van der Waals surface area contributed by atoms with Crippen LogP contribution >= 0.6 is 0 Å². The van der Waals surface area contributed by atoms with E-state index < -0.39 is 0 Å². The van der Waals surface area contributed by atoms with Crippen molar-refractivity contribution in [3.05, 3.63) is 46.6 Å². The second kappa shape index (κ2) is 7.71. The van der Waals surface area contributed by atoms with Crippen LogP contribution in [0.5, 0.6) is 0 Å². The Hall–Kier alpha value is -3.00. The Labute approximate surface area is 154 Å². The summed E-state index contributed by atoms with van der Waals surface area (Å²) in [5, 5.41) is 7.62. The van der Waals surface area contributed by atoms with Crippen LogP contribution in [0.4, 0.5) is 0 Å². The van der Waals surface area contributed by atoms with Crippen LogP contribution in [0.1, 0.15) is 25.2 Å². The predicted molar refractivity (Wildman–Crippen MR) is 98.2 cm³/mol. The van der Waals surface area contributed by atoms with Crippen molar-refractivity contribution >= 4 is 16.8 Å². The number of pyridine rings is 1. The first kappa shape index (κ1) is 17.4. The van der Waals surface area contributed by atoms with Crippen molar-refractivity contribution in [3.8, 4) is 11.4 Å². The van der Waals surface area contributed by atoms with E-state index in [9.17, 15) is 9.59 Å². The smallest absolute Gasteiger partial charge is 0.259 e. The maximum Gasteiger partial charge on any atom is 0.259 e. The van der Waals surface area contributed by atoms with E-state index in [1.165, 1.54) is 0 Å². The summed E-state index contributed by atoms with van der Waals surface area (Å²) < 4.78 is 10.7. The zero-order valence-electron chi connectivity index (χ0n) is 14.7. The molecule has 27 heavy (non-hydrogen) atoms. The molecule has 0 spiro atoms. The standard InChI is InChI=1S/C19H20N4O4/c24-16(20-11-13-5-3-9-26-13)7-8-17-22-18(23-27-17)14-10-12-4-1-2-6-15(12)21-19(14)25/h1-2,4,6,10,13H,3,5,7-9,11H2,(H,20,24)(H,21,25)/t13-/m1/s1. The molecule has 0 aliphatic carbocycles. The highest BCUT2D eigenvalue weighted by atomic mass is 16.5. The molecule has 3 heterocycles. The van der Waals surface area contributed by atoms with Gasteiger partial charge in [-0.1, -0.05) is 23.4 Å². The van der Waals surface area contributed by atoms with Gasteiger partial charge in [0.05, 0.1) is 11.7 Å². The molecular weight excluding hydrogens is 348 g/mol. The third-order valence-corrected chi connectivity index (χ3v) is 4.58. The van der Waals surface area contributed by atoms with Crippen molar-refractivity contribution in [2.45, 2.75) is 31.8 Å². The number of carbonyl (C=O) groups is 1. The largest absolute Gasteiger partial charge is 0.376 e. The van der Waals surface area contributed by atoms with Gasteiger partial charge in [0.25, 0.3) is 5.56 Å². The number of benzene rings is 1. The van der Waals surface area contributed by atoms with Crippen molar-refractivity contribution < 1.29 is 14.1 Å². The molecule has 2 aromatic heterocycles. The minimum Gasteiger partial charge on any atom is -0.376 e. The van der Waals surface area contributed by atoms with E-state index in [0.717, 1.165) is 30.4 Å². The number of nitrogens with zero attached hydrogens (tertiary/aromatic N) is 2. The van der Waals surface area contributed by atoms with Crippen LogP contribution in [0.2, 0.25) is 0 Å². The fourth-order valence-electron chi connectivity index (χ4n) is 3.12. The highest BCUT2D eigenvalue weighted by Crippen LogP contribution is 2.17. The van der Waals surface area contributed by atoms with Crippen LogP contribution in [0, 0.1) is 0 Å². The lowest BCUT2D eigenvalue weighted by molar-refractivity contribution is -0.121. The molecule has 2 N–H and O–H groups in total. The number of nitrogens with one attached hydrogen (secondary N) is 2. The molecule has 0 bridgehead atoms. The Morgan fingerprint density at radius 1 is 1.33 bits per heavy atom. The molecule has 8 nitrogen and oxygen atoms in total. The van der Waals surface area contributed by atoms with Crippen molar-refractivity contribution in [3.63, 3.8) is 0 Å². The molecule has 8 heteroatoms. The van der Waals surface area contributed by atoms with E-state index in [0.29, 0.717) is 24.4 Å². The number of aromatic nitrogens is 3. The van der Waals surface area contributed by atoms with Crippen LogP contribution in [0.25, 0.3) is 22.3 Å². The second-order valence-electron chi connectivity index (χ2n) is 6.55. The Kier molecular flexibility index (Phi) is 4.97. The van der Waals surface area contributed by atoms with Gasteiger partial charge in [-0.15, -0.1) is 0 Å². The van der Waals surface area contributed by atoms with E-state index in [4.69, 9.17) is 9.26 Å². The van der Waals surface area contributed by atoms with Crippen LogP contribution in [-0.2, 0) is 16.0 Å². The first-order valence-electron chi connectivity index (χ1n) is 9.02. The summed E-state index contributed by atoms with van der Waals surface area (Å²) in [6.45, 7) is 1.29. The number of hydrogen-bond donors (Lipinski definition) is 2. The van der Waals surface area contributed by atoms with Crippen LogP contribution in [0.15, 0.2) is 39.6 Å². The first-order chi connectivity index (χ1) is 13.2. The number of H-pyrrole nitrogens is 1. The summed E-state index contributed by atoms with van der Waals surface area (Å²) >= 11 is 0. The highest BCUT2D eigenvalue weighted by molar-refractivity contribution is 5.82. The maximum absolute atomic E-state index is 12.3. The maximum atomic E-state index is 12.3. The molecule has 140 valence electrons. The van der Waals surface area contributed by atoms with Gasteiger partial charge in [0.15, 0.2) is 0 Å². The zero-order chi connectivity index (χ0) is 18.6. The SMILES string of the molecule is O=C(CCc1nc(-c2cc3ccccc3[nH]c2=O)no1)NC[C@H]1CCCO1. The molecule has 1 atom stereocenters. The van der Waals surface area contributed by atoms with E-state index in [1.807, 2.05) is 24.3 Å². The fraction of sp³-hybridized carbons (Fsp3) is 0.368. The van der Waals surface area contributed by atoms with Gasteiger partial charge < -0.3 is 19.6 Å². The molecule has 3 aromatic rings. The second-order valence-corrected chi connectivity index (χ2v) is 6.55. The monoisotopic (exact) mass is 368 g/mol. The van der Waals surface area contributed by atoms with Gasteiger partial charge in [0.1, 0.15) is 0 Å². The number of aryl methyl sites for hydroxylation is 1. The first-order valence-corrected chi connectivity index (χ1v) is 9.02. The summed E-state index contributed by atoms with van der Waals surface area (Å²) in [4.78, 5) is 31.3. The van der Waals surface area contributed by atoms with Crippen LogP contribution in [-0.4, -0.2) is 40.3 Å².